The summed E-state index contributed by atoms with van der Waals surface area (Å²) in [5.41, 5.74) is 0.981. The van der Waals surface area contributed by atoms with E-state index in [2.05, 4.69) is 43.2 Å². The number of carbonyl (C=O) groups is 1. The molecule has 0 aromatic heterocycles. The van der Waals surface area contributed by atoms with Crippen molar-refractivity contribution in [3.63, 3.8) is 0 Å². The number of hydrogen-bond donors (Lipinski definition) is 2. The summed E-state index contributed by atoms with van der Waals surface area (Å²) >= 11 is 0. The average Bonchev–Trinajstić information content (AvgIpc) is 2.29. The van der Waals surface area contributed by atoms with Gasteiger partial charge >= 0.3 is 0 Å². The van der Waals surface area contributed by atoms with Crippen molar-refractivity contribution in [3.05, 3.63) is 48.6 Å². The van der Waals surface area contributed by atoms with Crippen molar-refractivity contribution in [3.8, 4) is 0 Å². The molecule has 1 amide bonds. The predicted octanol–water partition coefficient (Wildman–Crippen LogP) is 2.16. The third-order valence-corrected chi connectivity index (χ3v) is 2.62. The third kappa shape index (κ3) is 4.04. The summed E-state index contributed by atoms with van der Waals surface area (Å²) in [6, 6.07) is 10.1. The molecule has 0 aliphatic heterocycles. The number of benzene rings is 1. The van der Waals surface area contributed by atoms with E-state index in [1.54, 1.807) is 0 Å². The van der Waals surface area contributed by atoms with Crippen LogP contribution >= 0.6 is 0 Å². The molecule has 0 heterocycles. The van der Waals surface area contributed by atoms with E-state index in [9.17, 15) is 4.79 Å². The molecular weight excluding hydrogens is 212 g/mol. The molecule has 0 aliphatic rings. The molecule has 17 heavy (non-hydrogen) atoms. The Morgan fingerprint density at radius 1 is 1.35 bits per heavy atom. The summed E-state index contributed by atoms with van der Waals surface area (Å²) in [5, 5.41) is 6.15. The monoisotopic (exact) mass is 232 g/mol. The Kier molecular flexibility index (Phi) is 4.46. The minimum Gasteiger partial charge on any atom is -0.338 e. The molecule has 1 aromatic carbocycles. The molecule has 2 N–H and O–H groups in total. The molecule has 0 aliphatic carbocycles. The second-order valence-electron chi connectivity index (χ2n) is 4.57. The van der Waals surface area contributed by atoms with Crippen LogP contribution in [0.15, 0.2) is 43.0 Å². The first-order chi connectivity index (χ1) is 7.95. The van der Waals surface area contributed by atoms with Crippen LogP contribution in [0.4, 0.5) is 0 Å². The first kappa shape index (κ1) is 13.5. The highest BCUT2D eigenvalue weighted by atomic mass is 16.1. The van der Waals surface area contributed by atoms with Crippen molar-refractivity contribution in [2.24, 2.45) is 0 Å². The van der Waals surface area contributed by atoms with Gasteiger partial charge < -0.3 is 5.32 Å². The van der Waals surface area contributed by atoms with Crippen LogP contribution in [0, 0.1) is 0 Å². The van der Waals surface area contributed by atoms with Crippen molar-refractivity contribution in [1.82, 2.24) is 10.6 Å². The van der Waals surface area contributed by atoms with E-state index < -0.39 is 0 Å². The standard InChI is InChI=1S/C14H20N2O/c1-5-13(17)15-11(2)16-14(3,4)12-9-7-6-8-10-12/h5-11,16H,1H2,2-4H3,(H,15,17). The van der Waals surface area contributed by atoms with Crippen LogP contribution in [0.1, 0.15) is 26.3 Å². The zero-order valence-electron chi connectivity index (χ0n) is 10.7. The highest BCUT2D eigenvalue weighted by molar-refractivity contribution is 5.86. The van der Waals surface area contributed by atoms with E-state index in [1.807, 2.05) is 25.1 Å². The second-order valence-corrected chi connectivity index (χ2v) is 4.57. The zero-order valence-corrected chi connectivity index (χ0v) is 10.7. The van der Waals surface area contributed by atoms with Gasteiger partial charge in [0, 0.05) is 5.54 Å². The fourth-order valence-electron chi connectivity index (χ4n) is 1.79. The van der Waals surface area contributed by atoms with Crippen LogP contribution in [-0.4, -0.2) is 12.1 Å². The van der Waals surface area contributed by atoms with Crippen LogP contribution in [0.2, 0.25) is 0 Å². The first-order valence-electron chi connectivity index (χ1n) is 5.72. The topological polar surface area (TPSA) is 41.1 Å². The Morgan fingerprint density at radius 3 is 2.47 bits per heavy atom. The number of rotatable bonds is 5. The molecule has 0 bridgehead atoms. The molecule has 1 unspecified atom stereocenters. The van der Waals surface area contributed by atoms with Gasteiger partial charge in [0.2, 0.25) is 5.91 Å². The van der Waals surface area contributed by atoms with Crippen LogP contribution in [-0.2, 0) is 10.3 Å². The van der Waals surface area contributed by atoms with Gasteiger partial charge in [-0.05, 0) is 32.4 Å². The van der Waals surface area contributed by atoms with Crippen LogP contribution < -0.4 is 10.6 Å². The van der Waals surface area contributed by atoms with Gasteiger partial charge in [-0.25, -0.2) is 0 Å². The molecule has 0 radical (unpaired) electrons. The van der Waals surface area contributed by atoms with Crippen LogP contribution in [0.3, 0.4) is 0 Å². The van der Waals surface area contributed by atoms with Gasteiger partial charge in [0.25, 0.3) is 0 Å². The van der Waals surface area contributed by atoms with Crippen molar-refractivity contribution in [2.45, 2.75) is 32.5 Å². The van der Waals surface area contributed by atoms with Gasteiger partial charge in [0.15, 0.2) is 0 Å². The molecule has 3 heteroatoms. The Bertz CT molecular complexity index is 384. The van der Waals surface area contributed by atoms with Gasteiger partial charge in [-0.3, -0.25) is 10.1 Å². The molecule has 0 saturated heterocycles. The van der Waals surface area contributed by atoms with Gasteiger partial charge in [-0.1, -0.05) is 36.9 Å². The summed E-state index contributed by atoms with van der Waals surface area (Å²) in [6.45, 7) is 9.50. The fraction of sp³-hybridized carbons (Fsp3) is 0.357. The molecule has 0 saturated carbocycles. The van der Waals surface area contributed by atoms with E-state index in [0.29, 0.717) is 0 Å². The summed E-state index contributed by atoms with van der Waals surface area (Å²) < 4.78 is 0. The van der Waals surface area contributed by atoms with E-state index in [1.165, 1.54) is 11.6 Å². The molecular formula is C14H20N2O. The summed E-state index contributed by atoms with van der Waals surface area (Å²) in [4.78, 5) is 11.2. The Labute approximate surface area is 103 Å². The van der Waals surface area contributed by atoms with Gasteiger partial charge in [-0.15, -0.1) is 0 Å². The van der Waals surface area contributed by atoms with E-state index in [4.69, 9.17) is 0 Å². The minimum atomic E-state index is -0.199. The summed E-state index contributed by atoms with van der Waals surface area (Å²) in [7, 11) is 0. The van der Waals surface area contributed by atoms with E-state index in [-0.39, 0.29) is 17.6 Å². The quantitative estimate of drug-likeness (QED) is 0.603. The number of nitrogens with one attached hydrogen (secondary N) is 2. The Hall–Kier alpha value is -1.61. The van der Waals surface area contributed by atoms with Crippen LogP contribution in [0.25, 0.3) is 0 Å². The lowest BCUT2D eigenvalue weighted by molar-refractivity contribution is -0.117. The molecule has 1 aromatic rings. The summed E-state index contributed by atoms with van der Waals surface area (Å²) in [6.07, 6.45) is 1.16. The van der Waals surface area contributed by atoms with E-state index >= 15 is 0 Å². The molecule has 92 valence electrons. The average molecular weight is 232 g/mol. The van der Waals surface area contributed by atoms with Crippen molar-refractivity contribution in [2.75, 3.05) is 0 Å². The Balaban J connectivity index is 2.66. The number of amides is 1. The predicted molar refractivity (Wildman–Crippen MR) is 70.4 cm³/mol. The second kappa shape index (κ2) is 5.64. The minimum absolute atomic E-state index is 0.115. The zero-order chi connectivity index (χ0) is 12.9. The fourth-order valence-corrected chi connectivity index (χ4v) is 1.79. The lowest BCUT2D eigenvalue weighted by atomic mass is 9.94. The van der Waals surface area contributed by atoms with Gasteiger partial charge in [0.1, 0.15) is 0 Å². The molecule has 3 nitrogen and oxygen atoms in total. The first-order valence-corrected chi connectivity index (χ1v) is 5.72. The van der Waals surface area contributed by atoms with Crippen LogP contribution in [0.5, 0.6) is 0 Å². The third-order valence-electron chi connectivity index (χ3n) is 2.62. The SMILES string of the molecule is C=CC(=O)NC(C)NC(C)(C)c1ccccc1. The van der Waals surface area contributed by atoms with Gasteiger partial charge in [-0.2, -0.15) is 0 Å². The molecule has 1 rings (SSSR count). The van der Waals surface area contributed by atoms with Crippen molar-refractivity contribution in [1.29, 1.82) is 0 Å². The smallest absolute Gasteiger partial charge is 0.244 e. The maximum atomic E-state index is 11.2. The maximum Gasteiger partial charge on any atom is 0.244 e. The highest BCUT2D eigenvalue weighted by Gasteiger charge is 2.22. The molecule has 1 atom stereocenters. The molecule has 0 fully saturated rings. The number of carbonyl (C=O) groups excluding carboxylic acids is 1. The molecule has 0 spiro atoms. The van der Waals surface area contributed by atoms with E-state index in [0.717, 1.165) is 0 Å². The lowest BCUT2D eigenvalue weighted by Crippen LogP contribution is -2.50. The van der Waals surface area contributed by atoms with Crippen molar-refractivity contribution >= 4 is 5.91 Å². The van der Waals surface area contributed by atoms with Crippen molar-refractivity contribution < 1.29 is 4.79 Å². The summed E-state index contributed by atoms with van der Waals surface area (Å²) in [5.74, 6) is -0.172. The highest BCUT2D eigenvalue weighted by Crippen LogP contribution is 2.19. The maximum absolute atomic E-state index is 11.2. The largest absolute Gasteiger partial charge is 0.338 e. The normalized spacial score (nSPS) is 12.9. The Morgan fingerprint density at radius 2 is 1.94 bits per heavy atom. The number of hydrogen-bond acceptors (Lipinski definition) is 2. The van der Waals surface area contributed by atoms with Gasteiger partial charge in [0.05, 0.1) is 6.17 Å². The lowest BCUT2D eigenvalue weighted by Gasteiger charge is -2.31.